The topological polar surface area (TPSA) is 38.7 Å². The van der Waals surface area contributed by atoms with Gasteiger partial charge in [-0.2, -0.15) is 5.06 Å². The fourth-order valence-corrected chi connectivity index (χ4v) is 3.43. The molecule has 1 heterocycles. The summed E-state index contributed by atoms with van der Waals surface area (Å²) in [6.07, 6.45) is 3.92. The molecule has 1 aliphatic rings. The molecule has 1 fully saturated rings. The predicted octanol–water partition coefficient (Wildman–Crippen LogP) is 3.11. The van der Waals surface area contributed by atoms with Crippen molar-refractivity contribution >= 4 is 0 Å². The summed E-state index contributed by atoms with van der Waals surface area (Å²) >= 11 is 0. The molecule has 1 aromatic rings. The number of nitrogens with zero attached hydrogens (tertiary/aromatic N) is 2. The number of likely N-dealkylation sites (tertiary alicyclic amines) is 1. The van der Waals surface area contributed by atoms with E-state index in [1.54, 1.807) is 7.05 Å². The Hall–Kier alpha value is -0.940. The summed E-state index contributed by atoms with van der Waals surface area (Å²) in [5.41, 5.74) is 2.44. The number of hydrogen-bond donors (Lipinski definition) is 2. The van der Waals surface area contributed by atoms with Crippen molar-refractivity contribution in [1.82, 2.24) is 15.3 Å². The van der Waals surface area contributed by atoms with Crippen molar-refractivity contribution in [1.29, 1.82) is 0 Å². The van der Waals surface area contributed by atoms with Crippen LogP contribution in [0.15, 0.2) is 24.3 Å². The van der Waals surface area contributed by atoms with Crippen LogP contribution in [0.1, 0.15) is 44.2 Å². The number of benzene rings is 1. The lowest BCUT2D eigenvalue weighted by atomic mass is 10.0. The van der Waals surface area contributed by atoms with E-state index in [1.807, 2.05) is 0 Å². The zero-order valence-electron chi connectivity index (χ0n) is 15.0. The Balaban J connectivity index is 1.88. The largest absolute Gasteiger partial charge is 0.314 e. The van der Waals surface area contributed by atoms with Crippen molar-refractivity contribution in [2.24, 2.45) is 5.92 Å². The fourth-order valence-electron chi connectivity index (χ4n) is 3.43. The smallest absolute Gasteiger partial charge is 0.0485 e. The van der Waals surface area contributed by atoms with Gasteiger partial charge in [0.2, 0.25) is 0 Å². The molecule has 0 radical (unpaired) electrons. The van der Waals surface area contributed by atoms with Crippen LogP contribution in [-0.4, -0.2) is 47.9 Å². The molecule has 1 saturated heterocycles. The Morgan fingerprint density at radius 3 is 2.57 bits per heavy atom. The zero-order valence-corrected chi connectivity index (χ0v) is 15.0. The standard InChI is InChI=1S/C19H33N3O/c1-16(2)11-19(15-22-9-4-5-10-22)20-13-17-7-6-8-18(12-17)14-21(3)23/h6-8,12,16,19-20,23H,4-5,9-11,13-15H2,1-3H3/t19-/m0/s1. The van der Waals surface area contributed by atoms with Crippen molar-refractivity contribution < 1.29 is 5.21 Å². The van der Waals surface area contributed by atoms with Crippen molar-refractivity contribution in [2.75, 3.05) is 26.7 Å². The van der Waals surface area contributed by atoms with Crippen LogP contribution in [0.5, 0.6) is 0 Å². The predicted molar refractivity (Wildman–Crippen MR) is 95.5 cm³/mol. The minimum absolute atomic E-state index is 0.553. The normalized spacial score (nSPS) is 17.3. The average Bonchev–Trinajstić information content (AvgIpc) is 2.97. The van der Waals surface area contributed by atoms with Gasteiger partial charge in [0, 0.05) is 32.7 Å². The number of nitrogens with one attached hydrogen (secondary N) is 1. The molecule has 0 saturated carbocycles. The molecule has 2 N–H and O–H groups in total. The summed E-state index contributed by atoms with van der Waals surface area (Å²) in [6, 6.07) is 9.04. The molecular formula is C19H33N3O. The first-order valence-corrected chi connectivity index (χ1v) is 8.96. The van der Waals surface area contributed by atoms with Gasteiger partial charge in [0.1, 0.15) is 0 Å². The first-order chi connectivity index (χ1) is 11.0. The van der Waals surface area contributed by atoms with Crippen LogP contribution >= 0.6 is 0 Å². The molecule has 0 aliphatic carbocycles. The van der Waals surface area contributed by atoms with Crippen molar-refractivity contribution in [2.45, 2.75) is 52.2 Å². The van der Waals surface area contributed by atoms with Crippen molar-refractivity contribution in [3.63, 3.8) is 0 Å². The van der Waals surface area contributed by atoms with E-state index in [-0.39, 0.29) is 0 Å². The van der Waals surface area contributed by atoms with Crippen LogP contribution < -0.4 is 5.32 Å². The molecule has 4 nitrogen and oxygen atoms in total. The zero-order chi connectivity index (χ0) is 16.7. The van der Waals surface area contributed by atoms with E-state index in [1.165, 1.54) is 43.0 Å². The maximum Gasteiger partial charge on any atom is 0.0485 e. The van der Waals surface area contributed by atoms with Crippen LogP contribution in [0.2, 0.25) is 0 Å². The van der Waals surface area contributed by atoms with Gasteiger partial charge in [-0.1, -0.05) is 38.1 Å². The lowest BCUT2D eigenvalue weighted by molar-refractivity contribution is -0.0731. The second kappa shape index (κ2) is 9.38. The summed E-state index contributed by atoms with van der Waals surface area (Å²) in [4.78, 5) is 2.59. The molecule has 1 aliphatic heterocycles. The molecule has 0 spiro atoms. The molecule has 1 atom stereocenters. The Labute approximate surface area is 141 Å². The van der Waals surface area contributed by atoms with Gasteiger partial charge in [0.05, 0.1) is 0 Å². The highest BCUT2D eigenvalue weighted by Crippen LogP contribution is 2.13. The van der Waals surface area contributed by atoms with Gasteiger partial charge in [-0.3, -0.25) is 0 Å². The van der Waals surface area contributed by atoms with Gasteiger partial charge < -0.3 is 15.4 Å². The van der Waals surface area contributed by atoms with Gasteiger partial charge in [0.15, 0.2) is 0 Å². The number of rotatable bonds is 9. The molecule has 2 rings (SSSR count). The highest BCUT2D eigenvalue weighted by molar-refractivity contribution is 5.23. The third-order valence-corrected chi connectivity index (χ3v) is 4.43. The molecule has 1 aromatic carbocycles. The van der Waals surface area contributed by atoms with Crippen LogP contribution in [0.4, 0.5) is 0 Å². The third kappa shape index (κ3) is 7.00. The summed E-state index contributed by atoms with van der Waals surface area (Å²) in [5, 5.41) is 14.4. The first-order valence-electron chi connectivity index (χ1n) is 8.96. The van der Waals surface area contributed by atoms with E-state index in [2.05, 4.69) is 48.3 Å². The van der Waals surface area contributed by atoms with E-state index in [9.17, 15) is 5.21 Å². The minimum atomic E-state index is 0.553. The second-order valence-electron chi connectivity index (χ2n) is 7.35. The summed E-state index contributed by atoms with van der Waals surface area (Å²) in [7, 11) is 1.68. The highest BCUT2D eigenvalue weighted by Gasteiger charge is 2.18. The average molecular weight is 319 g/mol. The first kappa shape index (κ1) is 18.4. The van der Waals surface area contributed by atoms with Gasteiger partial charge in [-0.15, -0.1) is 0 Å². The van der Waals surface area contributed by atoms with Gasteiger partial charge in [0.25, 0.3) is 0 Å². The Morgan fingerprint density at radius 1 is 1.22 bits per heavy atom. The van der Waals surface area contributed by atoms with E-state index < -0.39 is 0 Å². The molecule has 0 bridgehead atoms. The van der Waals surface area contributed by atoms with Gasteiger partial charge in [-0.25, -0.2) is 0 Å². The SMILES string of the molecule is CC(C)C[C@@H](CN1CCCC1)NCc1cccc(CN(C)O)c1. The van der Waals surface area contributed by atoms with E-state index in [0.29, 0.717) is 18.5 Å². The summed E-state index contributed by atoms with van der Waals surface area (Å²) < 4.78 is 0. The van der Waals surface area contributed by atoms with Crippen LogP contribution in [0.25, 0.3) is 0 Å². The lowest BCUT2D eigenvalue weighted by Gasteiger charge is -2.26. The monoisotopic (exact) mass is 319 g/mol. The molecule has 0 amide bonds. The molecule has 0 unspecified atom stereocenters. The Bertz CT molecular complexity index is 456. The number of hydroxylamine groups is 2. The lowest BCUT2D eigenvalue weighted by Crippen LogP contribution is -2.40. The Kier molecular flexibility index (Phi) is 7.50. The molecule has 130 valence electrons. The van der Waals surface area contributed by atoms with Crippen molar-refractivity contribution in [3.8, 4) is 0 Å². The second-order valence-corrected chi connectivity index (χ2v) is 7.35. The minimum Gasteiger partial charge on any atom is -0.314 e. The summed E-state index contributed by atoms with van der Waals surface area (Å²) in [6.45, 7) is 9.75. The third-order valence-electron chi connectivity index (χ3n) is 4.43. The van der Waals surface area contributed by atoms with Crippen LogP contribution in [-0.2, 0) is 13.1 Å². The van der Waals surface area contributed by atoms with Gasteiger partial charge >= 0.3 is 0 Å². The fraction of sp³-hybridized carbons (Fsp3) is 0.684. The van der Waals surface area contributed by atoms with Crippen molar-refractivity contribution in [3.05, 3.63) is 35.4 Å². The molecule has 23 heavy (non-hydrogen) atoms. The van der Waals surface area contributed by atoms with E-state index in [4.69, 9.17) is 0 Å². The molecule has 4 heteroatoms. The highest BCUT2D eigenvalue weighted by atomic mass is 16.5. The molecule has 0 aromatic heterocycles. The van der Waals surface area contributed by atoms with Gasteiger partial charge in [-0.05, 0) is 49.4 Å². The maximum atomic E-state index is 9.39. The quantitative estimate of drug-likeness (QED) is 0.686. The van der Waals surface area contributed by atoms with E-state index >= 15 is 0 Å². The Morgan fingerprint density at radius 2 is 1.91 bits per heavy atom. The van der Waals surface area contributed by atoms with Crippen LogP contribution in [0.3, 0.4) is 0 Å². The van der Waals surface area contributed by atoms with E-state index in [0.717, 1.165) is 18.7 Å². The summed E-state index contributed by atoms with van der Waals surface area (Å²) in [5.74, 6) is 0.712. The van der Waals surface area contributed by atoms with Crippen LogP contribution in [0, 0.1) is 5.92 Å². The number of hydrogen-bond acceptors (Lipinski definition) is 4. The maximum absolute atomic E-state index is 9.39. The molecular weight excluding hydrogens is 286 g/mol.